The molecule has 0 fully saturated rings. The lowest BCUT2D eigenvalue weighted by Crippen LogP contribution is -2.18. The summed E-state index contributed by atoms with van der Waals surface area (Å²) in [5.74, 6) is 1.85. The van der Waals surface area contributed by atoms with Crippen LogP contribution >= 0.6 is 23.4 Å². The molecule has 6 nitrogen and oxygen atoms in total. The number of thioether (sulfide) groups is 1. The molecule has 0 radical (unpaired) electrons. The molecule has 0 saturated heterocycles. The molecule has 160 valence electrons. The van der Waals surface area contributed by atoms with Gasteiger partial charge in [0.2, 0.25) is 17.3 Å². The summed E-state index contributed by atoms with van der Waals surface area (Å²) in [5, 5.41) is 13.5. The number of methoxy groups -OCH3 is 1. The van der Waals surface area contributed by atoms with Crippen molar-refractivity contribution in [1.82, 2.24) is 15.2 Å². The second kappa shape index (κ2) is 9.06. The number of aromatic nitrogens is 3. The Labute approximate surface area is 195 Å². The molecule has 8 heteroatoms. The summed E-state index contributed by atoms with van der Waals surface area (Å²) < 4.78 is 11.9. The number of nitrogens with one attached hydrogen (secondary N) is 1. The Bertz CT molecular complexity index is 1250. The lowest BCUT2D eigenvalue weighted by atomic mass is 10.1. The molecule has 2 heterocycles. The number of hydrogen-bond acceptors (Lipinski definition) is 7. The van der Waals surface area contributed by atoms with Gasteiger partial charge in [0, 0.05) is 22.0 Å². The second-order valence-electron chi connectivity index (χ2n) is 7.09. The van der Waals surface area contributed by atoms with Gasteiger partial charge in [0.1, 0.15) is 5.75 Å². The second-order valence-corrected chi connectivity index (χ2v) is 8.47. The fourth-order valence-electron chi connectivity index (χ4n) is 3.46. The van der Waals surface area contributed by atoms with Crippen LogP contribution in [0.1, 0.15) is 17.4 Å². The topological polar surface area (TPSA) is 69.2 Å². The average molecular weight is 463 g/mol. The van der Waals surface area contributed by atoms with Gasteiger partial charge in [0.15, 0.2) is 5.69 Å². The van der Waals surface area contributed by atoms with Crippen molar-refractivity contribution in [3.8, 4) is 22.9 Å². The molecule has 1 N–H and O–H groups in total. The molecular weight excluding hydrogens is 444 g/mol. The molecule has 32 heavy (non-hydrogen) atoms. The molecule has 0 amide bonds. The van der Waals surface area contributed by atoms with E-state index in [1.165, 1.54) is 11.8 Å². The number of halogens is 1. The van der Waals surface area contributed by atoms with Crippen LogP contribution in [0.15, 0.2) is 78.0 Å². The zero-order chi connectivity index (χ0) is 21.9. The van der Waals surface area contributed by atoms with Crippen molar-refractivity contribution in [1.29, 1.82) is 0 Å². The van der Waals surface area contributed by atoms with E-state index in [2.05, 4.69) is 15.5 Å². The molecule has 4 aromatic rings. The number of anilines is 1. The molecule has 5 rings (SSSR count). The van der Waals surface area contributed by atoms with E-state index in [4.69, 9.17) is 26.1 Å². The minimum absolute atomic E-state index is 0.423. The van der Waals surface area contributed by atoms with Crippen LogP contribution in [0.5, 0.6) is 11.6 Å². The van der Waals surface area contributed by atoms with Gasteiger partial charge in [-0.05, 0) is 35.9 Å². The third-order valence-electron chi connectivity index (χ3n) is 5.04. The van der Waals surface area contributed by atoms with E-state index < -0.39 is 6.23 Å². The van der Waals surface area contributed by atoms with Gasteiger partial charge in [-0.15, -0.1) is 10.2 Å². The Hall–Kier alpha value is -3.29. The van der Waals surface area contributed by atoms with Crippen molar-refractivity contribution < 1.29 is 9.47 Å². The molecule has 0 unspecified atom stereocenters. The Balaban J connectivity index is 1.50. The highest BCUT2D eigenvalue weighted by atomic mass is 35.5. The van der Waals surface area contributed by atoms with Gasteiger partial charge >= 0.3 is 0 Å². The Morgan fingerprint density at radius 1 is 1.00 bits per heavy atom. The van der Waals surface area contributed by atoms with Crippen molar-refractivity contribution in [2.24, 2.45) is 0 Å². The maximum atomic E-state index is 6.34. The first-order valence-electron chi connectivity index (χ1n) is 9.99. The van der Waals surface area contributed by atoms with Gasteiger partial charge in [0.25, 0.3) is 0 Å². The van der Waals surface area contributed by atoms with Gasteiger partial charge in [-0.1, -0.05) is 65.8 Å². The van der Waals surface area contributed by atoms with E-state index in [-0.39, 0.29) is 0 Å². The monoisotopic (exact) mass is 462 g/mol. The van der Waals surface area contributed by atoms with Gasteiger partial charge in [-0.3, -0.25) is 0 Å². The maximum Gasteiger partial charge on any atom is 0.247 e. The van der Waals surface area contributed by atoms with Crippen LogP contribution in [0.3, 0.4) is 0 Å². The third-order valence-corrected chi connectivity index (χ3v) is 6.20. The molecule has 0 aliphatic carbocycles. The largest absolute Gasteiger partial charge is 0.496 e. The smallest absolute Gasteiger partial charge is 0.247 e. The molecule has 1 aromatic heterocycles. The van der Waals surface area contributed by atoms with E-state index in [1.54, 1.807) is 7.11 Å². The van der Waals surface area contributed by atoms with Gasteiger partial charge in [0.05, 0.1) is 12.7 Å². The van der Waals surface area contributed by atoms with Crippen LogP contribution in [0, 0.1) is 0 Å². The van der Waals surface area contributed by atoms with Crippen molar-refractivity contribution >= 4 is 29.1 Å². The fourth-order valence-corrected chi connectivity index (χ4v) is 4.32. The highest BCUT2D eigenvalue weighted by molar-refractivity contribution is 7.98. The summed E-state index contributed by atoms with van der Waals surface area (Å²) in [4.78, 5) is 4.70. The summed E-state index contributed by atoms with van der Waals surface area (Å²) in [7, 11) is 1.65. The highest BCUT2D eigenvalue weighted by Gasteiger charge is 2.27. The molecule has 1 atom stereocenters. The van der Waals surface area contributed by atoms with Crippen molar-refractivity contribution in [2.75, 3.05) is 12.4 Å². The normalized spacial score (nSPS) is 14.4. The highest BCUT2D eigenvalue weighted by Crippen LogP contribution is 2.41. The first-order chi connectivity index (χ1) is 15.7. The van der Waals surface area contributed by atoms with Crippen LogP contribution in [0.25, 0.3) is 11.3 Å². The lowest BCUT2D eigenvalue weighted by Gasteiger charge is -2.21. The number of nitrogens with zero attached hydrogens (tertiary/aromatic N) is 3. The number of hydrogen-bond donors (Lipinski definition) is 1. The summed E-state index contributed by atoms with van der Waals surface area (Å²) in [6.07, 6.45) is -0.501. The Morgan fingerprint density at radius 3 is 2.62 bits per heavy atom. The van der Waals surface area contributed by atoms with Crippen LogP contribution in [0.2, 0.25) is 5.02 Å². The molecule has 1 aliphatic rings. The van der Waals surface area contributed by atoms with Crippen molar-refractivity contribution in [3.05, 3.63) is 88.9 Å². The average Bonchev–Trinajstić information content (AvgIpc) is 3.00. The first kappa shape index (κ1) is 20.6. The summed E-state index contributed by atoms with van der Waals surface area (Å²) in [6, 6.07) is 23.4. The maximum absolute atomic E-state index is 6.34. The Kier molecular flexibility index (Phi) is 5.83. The third kappa shape index (κ3) is 4.22. The van der Waals surface area contributed by atoms with E-state index >= 15 is 0 Å². The van der Waals surface area contributed by atoms with E-state index in [0.717, 1.165) is 28.1 Å². The molecule has 0 bridgehead atoms. The van der Waals surface area contributed by atoms with E-state index in [9.17, 15) is 0 Å². The standard InChI is InChI=1S/C24H19ClN4O2S/c1-30-20-9-5-3-7-18(20)22-26-19-8-4-2-6-17(19)21-23(31-22)27-24(29-28-21)32-14-15-10-12-16(25)13-11-15/h2-13,22,26H,14H2,1H3/t22-/m0/s1. The van der Waals surface area contributed by atoms with Gasteiger partial charge in [-0.25, -0.2) is 0 Å². The number of para-hydroxylation sites is 2. The van der Waals surface area contributed by atoms with Crippen LogP contribution in [-0.4, -0.2) is 22.3 Å². The summed E-state index contributed by atoms with van der Waals surface area (Å²) in [6.45, 7) is 0. The number of fused-ring (bicyclic) bond motifs is 3. The predicted molar refractivity (Wildman–Crippen MR) is 126 cm³/mol. The fraction of sp³-hybridized carbons (Fsp3) is 0.125. The number of benzene rings is 3. The molecule has 0 saturated carbocycles. The molecule has 3 aromatic carbocycles. The molecule has 0 spiro atoms. The van der Waals surface area contributed by atoms with Gasteiger partial charge in [-0.2, -0.15) is 4.98 Å². The molecule has 1 aliphatic heterocycles. The lowest BCUT2D eigenvalue weighted by molar-refractivity contribution is 0.220. The quantitative estimate of drug-likeness (QED) is 0.365. The number of rotatable bonds is 5. The van der Waals surface area contributed by atoms with Crippen LogP contribution in [0.4, 0.5) is 5.69 Å². The predicted octanol–water partition coefficient (Wildman–Crippen LogP) is 6.00. The van der Waals surface area contributed by atoms with E-state index in [0.29, 0.717) is 27.5 Å². The zero-order valence-corrected chi connectivity index (χ0v) is 18.7. The summed E-state index contributed by atoms with van der Waals surface area (Å²) >= 11 is 7.47. The zero-order valence-electron chi connectivity index (χ0n) is 17.2. The van der Waals surface area contributed by atoms with Crippen LogP contribution < -0.4 is 14.8 Å². The summed E-state index contributed by atoms with van der Waals surface area (Å²) in [5.41, 5.74) is 4.36. The first-order valence-corrected chi connectivity index (χ1v) is 11.3. The van der Waals surface area contributed by atoms with E-state index in [1.807, 2.05) is 72.8 Å². The van der Waals surface area contributed by atoms with Gasteiger partial charge < -0.3 is 14.8 Å². The van der Waals surface area contributed by atoms with Crippen LogP contribution in [-0.2, 0) is 5.75 Å². The molecular formula is C24H19ClN4O2S. The van der Waals surface area contributed by atoms with Crippen molar-refractivity contribution in [3.63, 3.8) is 0 Å². The SMILES string of the molecule is COc1ccccc1[C@H]1Nc2ccccc2-c2nnc(SCc3ccc(Cl)cc3)nc2O1. The Morgan fingerprint density at radius 2 is 1.78 bits per heavy atom. The minimum atomic E-state index is -0.501. The number of ether oxygens (including phenoxy) is 2. The van der Waals surface area contributed by atoms with Crippen molar-refractivity contribution in [2.45, 2.75) is 17.1 Å². The minimum Gasteiger partial charge on any atom is -0.496 e.